The molecule has 1 saturated carbocycles. The Morgan fingerprint density at radius 3 is 2.61 bits per heavy atom. The lowest BCUT2D eigenvalue weighted by Crippen LogP contribution is -2.55. The van der Waals surface area contributed by atoms with Crippen molar-refractivity contribution in [1.29, 1.82) is 0 Å². The fourth-order valence-corrected chi connectivity index (χ4v) is 8.18. The molecule has 0 spiro atoms. The van der Waals surface area contributed by atoms with Crippen LogP contribution in [-0.2, 0) is 26.0 Å². The van der Waals surface area contributed by atoms with Gasteiger partial charge in [0.25, 0.3) is 0 Å². The maximum absolute atomic E-state index is 15.0. The second kappa shape index (κ2) is 12.8. The summed E-state index contributed by atoms with van der Waals surface area (Å²) in [6.45, 7) is 2.62. The molecule has 15 heteroatoms. The van der Waals surface area contributed by atoms with Gasteiger partial charge >= 0.3 is 0 Å². The molecule has 1 aliphatic carbocycles. The molecule has 236 valence electrons. The molecule has 3 aromatic rings. The highest BCUT2D eigenvalue weighted by atomic mass is 35.5. The molecule has 11 nitrogen and oxygen atoms in total. The highest BCUT2D eigenvalue weighted by Crippen LogP contribution is 2.38. The number of hydrogen-bond donors (Lipinski definition) is 1. The molecule has 1 N–H and O–H groups in total. The van der Waals surface area contributed by atoms with Crippen LogP contribution in [0.2, 0.25) is 4.34 Å². The predicted molar refractivity (Wildman–Crippen MR) is 163 cm³/mol. The Balaban J connectivity index is 1.30. The maximum atomic E-state index is 15.0. The number of nitrogens with zero attached hydrogens (tertiary/aromatic N) is 4. The smallest absolute Gasteiger partial charge is 0.245 e. The number of carbonyl (C=O) groups excluding carboxylic acids is 2. The van der Waals surface area contributed by atoms with Crippen molar-refractivity contribution in [3.8, 4) is 16.4 Å². The number of anilines is 1. The van der Waals surface area contributed by atoms with E-state index in [2.05, 4.69) is 14.8 Å². The van der Waals surface area contributed by atoms with E-state index in [0.29, 0.717) is 67.4 Å². The minimum atomic E-state index is -4.55. The van der Waals surface area contributed by atoms with Gasteiger partial charge in [0.1, 0.15) is 16.8 Å². The van der Waals surface area contributed by atoms with E-state index in [1.165, 1.54) is 23.3 Å². The number of methoxy groups -OCH3 is 1. The van der Waals surface area contributed by atoms with Gasteiger partial charge in [0.15, 0.2) is 11.5 Å². The molecular formula is C29H33ClFN5O6S2. The van der Waals surface area contributed by atoms with E-state index in [1.807, 2.05) is 0 Å². The molecule has 0 unspecified atom stereocenters. The highest BCUT2D eigenvalue weighted by molar-refractivity contribution is 7.89. The molecule has 2 saturated heterocycles. The number of nitrogens with one attached hydrogen (secondary N) is 1. The summed E-state index contributed by atoms with van der Waals surface area (Å²) < 4.78 is 56.9. The molecule has 2 amide bonds. The Hall–Kier alpha value is -3.04. The lowest BCUT2D eigenvalue weighted by molar-refractivity contribution is -0.134. The average Bonchev–Trinajstić information content (AvgIpc) is 3.61. The van der Waals surface area contributed by atoms with Gasteiger partial charge in [0.2, 0.25) is 21.8 Å². The lowest BCUT2D eigenvalue weighted by atomic mass is 10.1. The summed E-state index contributed by atoms with van der Waals surface area (Å²) in [5.74, 6) is -1.25. The Labute approximate surface area is 263 Å². The first-order chi connectivity index (χ1) is 21.1. The van der Waals surface area contributed by atoms with Crippen molar-refractivity contribution in [1.82, 2.24) is 19.7 Å². The van der Waals surface area contributed by atoms with Gasteiger partial charge in [-0.25, -0.2) is 12.8 Å². The van der Waals surface area contributed by atoms with Gasteiger partial charge in [-0.15, -0.1) is 11.3 Å². The molecule has 2 aromatic heterocycles. The SMILES string of the molecule is COc1c(N2CCCCC2=O)cc(F)cc1S(=O)(=O)N[C@@H](Cc1cc(-c2ccc(Cl)s2)on1)C(=O)N1CCN(C2CC2)CC1. The summed E-state index contributed by atoms with van der Waals surface area (Å²) in [7, 11) is -3.28. The molecule has 4 heterocycles. The molecular weight excluding hydrogens is 633 g/mol. The quantitative estimate of drug-likeness (QED) is 0.346. The van der Waals surface area contributed by atoms with Crippen LogP contribution in [0.5, 0.6) is 5.75 Å². The third-order valence-electron chi connectivity index (χ3n) is 8.18. The maximum Gasteiger partial charge on any atom is 0.245 e. The van der Waals surface area contributed by atoms with Crippen LogP contribution in [0.25, 0.3) is 10.6 Å². The van der Waals surface area contributed by atoms with E-state index in [-0.39, 0.29) is 30.2 Å². The summed E-state index contributed by atoms with van der Waals surface area (Å²) >= 11 is 7.36. The Bertz CT molecular complexity index is 1650. The first kappa shape index (κ1) is 31.0. The molecule has 44 heavy (non-hydrogen) atoms. The number of halogens is 2. The number of amides is 2. The van der Waals surface area contributed by atoms with Gasteiger partial charge in [-0.05, 0) is 43.9 Å². The first-order valence-electron chi connectivity index (χ1n) is 14.6. The van der Waals surface area contributed by atoms with Gasteiger partial charge in [-0.1, -0.05) is 16.8 Å². The number of carbonyl (C=O) groups is 2. The number of hydrogen-bond acceptors (Lipinski definition) is 9. The van der Waals surface area contributed by atoms with Crippen molar-refractivity contribution in [2.45, 2.75) is 55.5 Å². The molecule has 3 aliphatic rings. The highest BCUT2D eigenvalue weighted by Gasteiger charge is 2.37. The normalized spacial score (nSPS) is 18.9. The predicted octanol–water partition coefficient (Wildman–Crippen LogP) is 3.92. The van der Waals surface area contributed by atoms with E-state index in [1.54, 1.807) is 23.1 Å². The van der Waals surface area contributed by atoms with E-state index in [0.717, 1.165) is 29.9 Å². The van der Waals surface area contributed by atoms with E-state index >= 15 is 0 Å². The van der Waals surface area contributed by atoms with Crippen LogP contribution in [0, 0.1) is 5.82 Å². The molecule has 1 atom stereocenters. The van der Waals surface area contributed by atoms with E-state index in [9.17, 15) is 22.4 Å². The van der Waals surface area contributed by atoms with Crippen molar-refractivity contribution in [3.05, 3.63) is 46.2 Å². The lowest BCUT2D eigenvalue weighted by Gasteiger charge is -2.36. The van der Waals surface area contributed by atoms with Gasteiger partial charge in [0, 0.05) is 63.7 Å². The van der Waals surface area contributed by atoms with Crippen molar-refractivity contribution in [3.63, 3.8) is 0 Å². The number of rotatable bonds is 10. The zero-order valence-electron chi connectivity index (χ0n) is 24.1. The van der Waals surface area contributed by atoms with Crippen LogP contribution in [0.3, 0.4) is 0 Å². The zero-order chi connectivity index (χ0) is 31.0. The fourth-order valence-electron chi connectivity index (χ4n) is 5.80. The van der Waals surface area contributed by atoms with Crippen molar-refractivity contribution >= 4 is 50.5 Å². The van der Waals surface area contributed by atoms with Gasteiger partial charge in [-0.3, -0.25) is 14.5 Å². The number of thiophene rings is 1. The Kier molecular flexibility index (Phi) is 8.98. The second-order valence-corrected chi connectivity index (χ2v) is 14.6. The average molecular weight is 666 g/mol. The molecule has 0 bridgehead atoms. The largest absolute Gasteiger partial charge is 0.493 e. The third kappa shape index (κ3) is 6.64. The zero-order valence-corrected chi connectivity index (χ0v) is 26.5. The van der Waals surface area contributed by atoms with Crippen LogP contribution in [0.4, 0.5) is 10.1 Å². The van der Waals surface area contributed by atoms with Crippen molar-refractivity contribution in [2.24, 2.45) is 0 Å². The van der Waals surface area contributed by atoms with Crippen LogP contribution < -0.4 is 14.4 Å². The second-order valence-electron chi connectivity index (χ2n) is 11.2. The number of piperazine rings is 1. The van der Waals surface area contributed by atoms with Crippen LogP contribution in [0.1, 0.15) is 37.8 Å². The minimum absolute atomic E-state index is 0.0346. The van der Waals surface area contributed by atoms with Gasteiger partial charge in [0.05, 0.1) is 27.7 Å². The Morgan fingerprint density at radius 2 is 1.95 bits per heavy atom. The molecule has 3 fully saturated rings. The van der Waals surface area contributed by atoms with Crippen LogP contribution in [0.15, 0.2) is 39.8 Å². The van der Waals surface area contributed by atoms with E-state index < -0.39 is 32.7 Å². The summed E-state index contributed by atoms with van der Waals surface area (Å²) in [5.41, 5.74) is 0.389. The van der Waals surface area contributed by atoms with Crippen LogP contribution >= 0.6 is 22.9 Å². The minimum Gasteiger partial charge on any atom is -0.493 e. The molecule has 6 rings (SSSR count). The van der Waals surface area contributed by atoms with E-state index in [4.69, 9.17) is 20.9 Å². The van der Waals surface area contributed by atoms with Crippen LogP contribution in [-0.4, -0.2) is 87.1 Å². The summed E-state index contributed by atoms with van der Waals surface area (Å²) in [6, 6.07) is 6.37. The topological polar surface area (TPSA) is 125 Å². The third-order valence-corrected chi connectivity index (χ3v) is 10.9. The molecule has 2 aliphatic heterocycles. The fraction of sp³-hybridized carbons (Fsp3) is 0.483. The first-order valence-corrected chi connectivity index (χ1v) is 17.2. The number of benzene rings is 1. The number of sulfonamides is 1. The van der Waals surface area contributed by atoms with Gasteiger partial charge < -0.3 is 19.1 Å². The number of ether oxygens (including phenoxy) is 1. The van der Waals surface area contributed by atoms with Crippen molar-refractivity contribution < 1.29 is 31.7 Å². The van der Waals surface area contributed by atoms with Crippen molar-refractivity contribution in [2.75, 3.05) is 44.7 Å². The summed E-state index contributed by atoms with van der Waals surface area (Å²) in [6.07, 6.45) is 3.84. The summed E-state index contributed by atoms with van der Waals surface area (Å²) in [5, 5.41) is 4.09. The molecule has 0 radical (unpaired) electrons. The van der Waals surface area contributed by atoms with Gasteiger partial charge in [-0.2, -0.15) is 4.72 Å². The monoisotopic (exact) mass is 665 g/mol. The summed E-state index contributed by atoms with van der Waals surface area (Å²) in [4.78, 5) is 32.1. The number of aromatic nitrogens is 1. The number of piperidine rings is 1. The standard InChI is InChI=1S/C29H33ClFN5O6S2/c1-41-28-22(36-9-3-2-4-27(36)37)14-18(31)15-25(28)44(39,40)33-21(29(38)35-12-10-34(11-13-35)20-5-6-20)16-19-17-23(42-32-19)24-7-8-26(30)43-24/h7-8,14-15,17,20-21,33H,2-6,9-13,16H2,1H3/t21-/m0/s1. The molecule has 1 aromatic carbocycles. The Morgan fingerprint density at radius 1 is 1.18 bits per heavy atom.